The molecule has 0 atom stereocenters. The largest absolute Gasteiger partial charge is 0.493 e. The number of rotatable bonds is 10. The number of unbranched alkanes of at least 4 members (excludes halogenated alkanes) is 2. The molecule has 2 saturated heterocycles. The van der Waals surface area contributed by atoms with Crippen molar-refractivity contribution < 1.29 is 9.47 Å². The van der Waals surface area contributed by atoms with Crippen molar-refractivity contribution in [1.82, 2.24) is 20.0 Å². The molecular formula is C25H44IN5O2. The highest BCUT2D eigenvalue weighted by molar-refractivity contribution is 14.0. The number of ether oxygens (including phenoxy) is 2. The van der Waals surface area contributed by atoms with Crippen LogP contribution in [0.1, 0.15) is 44.1 Å². The van der Waals surface area contributed by atoms with E-state index in [1.54, 1.807) is 14.2 Å². The lowest BCUT2D eigenvalue weighted by atomic mass is 10.1. The molecule has 33 heavy (non-hydrogen) atoms. The topological polar surface area (TPSA) is 52.6 Å². The molecule has 2 heterocycles. The molecule has 0 bridgehead atoms. The molecule has 188 valence electrons. The summed E-state index contributed by atoms with van der Waals surface area (Å²) in [5.74, 6) is 2.62. The number of halogens is 1. The van der Waals surface area contributed by atoms with Crippen LogP contribution in [0.25, 0.3) is 0 Å². The second-order valence-corrected chi connectivity index (χ2v) is 8.89. The summed E-state index contributed by atoms with van der Waals surface area (Å²) in [7, 11) is 5.26. The Labute approximate surface area is 217 Å². The van der Waals surface area contributed by atoms with E-state index < -0.39 is 0 Å². The fraction of sp³-hybridized carbons (Fsp3) is 0.720. The maximum absolute atomic E-state index is 5.44. The van der Waals surface area contributed by atoms with E-state index in [0.29, 0.717) is 0 Å². The Morgan fingerprint density at radius 3 is 2.27 bits per heavy atom. The van der Waals surface area contributed by atoms with Gasteiger partial charge in [-0.25, -0.2) is 0 Å². The number of hydrogen-bond acceptors (Lipinski definition) is 5. The molecule has 3 rings (SSSR count). The van der Waals surface area contributed by atoms with Crippen molar-refractivity contribution in [3.63, 3.8) is 0 Å². The number of piperidine rings is 1. The number of piperazine rings is 1. The van der Waals surface area contributed by atoms with E-state index in [9.17, 15) is 0 Å². The first-order valence-corrected chi connectivity index (χ1v) is 12.3. The number of guanidine groups is 1. The highest BCUT2D eigenvalue weighted by Crippen LogP contribution is 2.28. The van der Waals surface area contributed by atoms with E-state index in [1.807, 2.05) is 13.1 Å². The molecule has 0 radical (unpaired) electrons. The Hall–Kier alpha value is -1.26. The van der Waals surface area contributed by atoms with Gasteiger partial charge in [0.1, 0.15) is 0 Å². The van der Waals surface area contributed by atoms with E-state index in [-0.39, 0.29) is 24.0 Å². The zero-order chi connectivity index (χ0) is 22.6. The van der Waals surface area contributed by atoms with Crippen molar-refractivity contribution in [2.75, 3.05) is 73.6 Å². The van der Waals surface area contributed by atoms with Crippen LogP contribution < -0.4 is 14.8 Å². The number of likely N-dealkylation sites (tertiary alicyclic amines) is 1. The summed E-state index contributed by atoms with van der Waals surface area (Å²) in [6.45, 7) is 9.90. The van der Waals surface area contributed by atoms with Crippen LogP contribution in [0.5, 0.6) is 11.5 Å². The first kappa shape index (κ1) is 28.0. The SMILES string of the molecule is CN=C(NCCCCCN1CCCCC1)N1CCN(Cc2ccc(OC)c(OC)c2)CC1.I. The minimum Gasteiger partial charge on any atom is -0.493 e. The number of hydrogen-bond donors (Lipinski definition) is 1. The molecule has 2 fully saturated rings. The molecule has 1 aromatic rings. The second kappa shape index (κ2) is 15.6. The number of aliphatic imine (C=N–C) groups is 1. The zero-order valence-corrected chi connectivity index (χ0v) is 23.2. The summed E-state index contributed by atoms with van der Waals surface area (Å²) in [4.78, 5) is 12.0. The quantitative estimate of drug-likeness (QED) is 0.200. The normalized spacial score (nSPS) is 18.0. The lowest BCUT2D eigenvalue weighted by Gasteiger charge is -2.36. The molecular weight excluding hydrogens is 529 g/mol. The molecule has 0 unspecified atom stereocenters. The summed E-state index contributed by atoms with van der Waals surface area (Å²) in [6, 6.07) is 6.19. The van der Waals surface area contributed by atoms with Gasteiger partial charge < -0.3 is 24.6 Å². The summed E-state index contributed by atoms with van der Waals surface area (Å²) in [5.41, 5.74) is 1.25. The van der Waals surface area contributed by atoms with E-state index in [2.05, 4.69) is 37.1 Å². The van der Waals surface area contributed by atoms with Crippen LogP contribution in [0.2, 0.25) is 0 Å². The Balaban J connectivity index is 0.00000385. The van der Waals surface area contributed by atoms with Gasteiger partial charge in [0, 0.05) is 46.3 Å². The molecule has 0 spiro atoms. The monoisotopic (exact) mass is 573 g/mol. The van der Waals surface area contributed by atoms with Gasteiger partial charge in [0.05, 0.1) is 14.2 Å². The molecule has 0 amide bonds. The van der Waals surface area contributed by atoms with Crippen LogP contribution in [0.15, 0.2) is 23.2 Å². The summed E-state index contributed by atoms with van der Waals surface area (Å²) < 4.78 is 10.8. The lowest BCUT2D eigenvalue weighted by Crippen LogP contribution is -2.52. The molecule has 0 saturated carbocycles. The first-order valence-electron chi connectivity index (χ1n) is 12.3. The van der Waals surface area contributed by atoms with E-state index in [0.717, 1.165) is 56.7 Å². The van der Waals surface area contributed by atoms with Gasteiger partial charge in [-0.2, -0.15) is 0 Å². The van der Waals surface area contributed by atoms with Crippen molar-refractivity contribution >= 4 is 29.9 Å². The molecule has 0 aliphatic carbocycles. The Morgan fingerprint density at radius 1 is 0.879 bits per heavy atom. The first-order chi connectivity index (χ1) is 15.7. The van der Waals surface area contributed by atoms with Crippen molar-refractivity contribution in [2.24, 2.45) is 4.99 Å². The Bertz CT molecular complexity index is 704. The van der Waals surface area contributed by atoms with Gasteiger partial charge in [0.25, 0.3) is 0 Å². The average molecular weight is 574 g/mol. The van der Waals surface area contributed by atoms with Crippen molar-refractivity contribution in [3.8, 4) is 11.5 Å². The fourth-order valence-corrected chi connectivity index (χ4v) is 4.71. The minimum absolute atomic E-state index is 0. The molecule has 1 N–H and O–H groups in total. The molecule has 1 aromatic carbocycles. The standard InChI is InChI=1S/C25H43N5O2.HI/c1-26-25(27-12-6-4-7-13-28-14-8-5-9-15-28)30-18-16-29(17-19-30)21-22-10-11-23(31-2)24(20-22)32-3;/h10-11,20H,4-9,12-19,21H2,1-3H3,(H,26,27);1H. The van der Waals surface area contributed by atoms with Crippen molar-refractivity contribution in [3.05, 3.63) is 23.8 Å². The Morgan fingerprint density at radius 2 is 1.61 bits per heavy atom. The maximum Gasteiger partial charge on any atom is 0.193 e. The van der Waals surface area contributed by atoms with Gasteiger partial charge in [-0.1, -0.05) is 18.9 Å². The lowest BCUT2D eigenvalue weighted by molar-refractivity contribution is 0.172. The summed E-state index contributed by atoms with van der Waals surface area (Å²) in [6.07, 6.45) is 8.02. The van der Waals surface area contributed by atoms with Gasteiger partial charge in [0.15, 0.2) is 17.5 Å². The second-order valence-electron chi connectivity index (χ2n) is 8.89. The van der Waals surface area contributed by atoms with Gasteiger partial charge >= 0.3 is 0 Å². The summed E-state index contributed by atoms with van der Waals surface area (Å²) in [5, 5.41) is 3.58. The molecule has 2 aliphatic rings. The van der Waals surface area contributed by atoms with Crippen LogP contribution >= 0.6 is 24.0 Å². The smallest absolute Gasteiger partial charge is 0.193 e. The predicted octanol–water partition coefficient (Wildman–Crippen LogP) is 3.67. The van der Waals surface area contributed by atoms with Gasteiger partial charge in [-0.3, -0.25) is 9.89 Å². The van der Waals surface area contributed by atoms with E-state index >= 15 is 0 Å². The third kappa shape index (κ3) is 9.13. The zero-order valence-electron chi connectivity index (χ0n) is 20.9. The number of methoxy groups -OCH3 is 2. The predicted molar refractivity (Wildman–Crippen MR) is 147 cm³/mol. The third-order valence-electron chi connectivity index (χ3n) is 6.62. The highest BCUT2D eigenvalue weighted by Gasteiger charge is 2.20. The van der Waals surface area contributed by atoms with Crippen molar-refractivity contribution in [2.45, 2.75) is 45.1 Å². The molecule has 7 nitrogen and oxygen atoms in total. The third-order valence-corrected chi connectivity index (χ3v) is 6.62. The minimum atomic E-state index is 0. The highest BCUT2D eigenvalue weighted by atomic mass is 127. The maximum atomic E-state index is 5.44. The van der Waals surface area contributed by atoms with Crippen LogP contribution in [0, 0.1) is 0 Å². The van der Waals surface area contributed by atoms with E-state index in [4.69, 9.17) is 9.47 Å². The van der Waals surface area contributed by atoms with Crippen molar-refractivity contribution in [1.29, 1.82) is 0 Å². The number of benzene rings is 1. The Kier molecular flexibility index (Phi) is 13.2. The van der Waals surface area contributed by atoms with Crippen LogP contribution in [-0.4, -0.2) is 94.3 Å². The fourth-order valence-electron chi connectivity index (χ4n) is 4.71. The number of nitrogens with zero attached hydrogens (tertiary/aromatic N) is 4. The molecule has 8 heteroatoms. The van der Waals surface area contributed by atoms with Gasteiger partial charge in [-0.05, 0) is 63.0 Å². The van der Waals surface area contributed by atoms with Crippen LogP contribution in [0.4, 0.5) is 0 Å². The number of nitrogens with one attached hydrogen (secondary N) is 1. The molecule has 2 aliphatic heterocycles. The van der Waals surface area contributed by atoms with Crippen LogP contribution in [0.3, 0.4) is 0 Å². The van der Waals surface area contributed by atoms with Gasteiger partial charge in [0.2, 0.25) is 0 Å². The molecule has 0 aromatic heterocycles. The van der Waals surface area contributed by atoms with Crippen LogP contribution in [-0.2, 0) is 6.54 Å². The van der Waals surface area contributed by atoms with E-state index in [1.165, 1.54) is 63.7 Å². The van der Waals surface area contributed by atoms with Gasteiger partial charge in [-0.15, -0.1) is 24.0 Å². The summed E-state index contributed by atoms with van der Waals surface area (Å²) >= 11 is 0. The average Bonchev–Trinajstić information content (AvgIpc) is 2.85.